The largest absolute Gasteiger partial charge is 0.497 e. The first kappa shape index (κ1) is 19.1. The van der Waals surface area contributed by atoms with Gasteiger partial charge in [0.25, 0.3) is 0 Å². The number of carbonyl (C=O) groups is 1. The van der Waals surface area contributed by atoms with E-state index in [0.29, 0.717) is 5.82 Å². The van der Waals surface area contributed by atoms with Crippen LogP contribution in [-0.2, 0) is 4.79 Å². The fraction of sp³-hybridized carbons (Fsp3) is 0.273. The molecule has 31 heavy (non-hydrogen) atoms. The molecule has 0 aliphatic carbocycles. The number of piperazine rings is 1. The van der Waals surface area contributed by atoms with Gasteiger partial charge in [-0.15, -0.1) is 0 Å². The van der Waals surface area contributed by atoms with Crippen molar-refractivity contribution in [1.29, 1.82) is 0 Å². The summed E-state index contributed by atoms with van der Waals surface area (Å²) in [6, 6.07) is 9.77. The molecule has 9 nitrogen and oxygen atoms in total. The summed E-state index contributed by atoms with van der Waals surface area (Å²) >= 11 is 0. The fourth-order valence-corrected chi connectivity index (χ4v) is 3.93. The summed E-state index contributed by atoms with van der Waals surface area (Å²) in [6.07, 6.45) is 3.66. The molecule has 0 radical (unpaired) electrons. The van der Waals surface area contributed by atoms with Crippen LogP contribution in [0.3, 0.4) is 0 Å². The summed E-state index contributed by atoms with van der Waals surface area (Å²) in [4.78, 5) is 24.9. The third kappa shape index (κ3) is 3.58. The lowest BCUT2D eigenvalue weighted by Gasteiger charge is -2.34. The van der Waals surface area contributed by atoms with Gasteiger partial charge in [0.15, 0.2) is 5.82 Å². The van der Waals surface area contributed by atoms with E-state index in [2.05, 4.69) is 25.4 Å². The van der Waals surface area contributed by atoms with Crippen LogP contribution in [0.5, 0.6) is 5.75 Å². The first-order chi connectivity index (χ1) is 15.1. The van der Waals surface area contributed by atoms with Crippen LogP contribution in [0, 0.1) is 0 Å². The summed E-state index contributed by atoms with van der Waals surface area (Å²) in [5.74, 6) is 2.47. The number of pyridine rings is 2. The third-order valence-corrected chi connectivity index (χ3v) is 5.65. The van der Waals surface area contributed by atoms with Gasteiger partial charge in [0, 0.05) is 50.1 Å². The lowest BCUT2D eigenvalue weighted by molar-refractivity contribution is -0.129. The van der Waals surface area contributed by atoms with Gasteiger partial charge >= 0.3 is 0 Å². The Labute approximate surface area is 179 Å². The number of hydrogen-bond acceptors (Lipinski definition) is 7. The van der Waals surface area contributed by atoms with Crippen LogP contribution in [0.4, 0.5) is 17.3 Å². The van der Waals surface area contributed by atoms with Gasteiger partial charge in [0.05, 0.1) is 24.5 Å². The van der Waals surface area contributed by atoms with E-state index in [1.807, 2.05) is 41.4 Å². The van der Waals surface area contributed by atoms with Crippen LogP contribution in [-0.4, -0.2) is 64.3 Å². The van der Waals surface area contributed by atoms with Gasteiger partial charge in [-0.3, -0.25) is 9.89 Å². The highest BCUT2D eigenvalue weighted by Gasteiger charge is 2.19. The predicted octanol–water partition coefficient (Wildman–Crippen LogP) is 2.93. The second-order valence-corrected chi connectivity index (χ2v) is 7.51. The molecular formula is C22H23N7O2. The zero-order valence-electron chi connectivity index (χ0n) is 17.4. The molecule has 9 heteroatoms. The number of fused-ring (bicyclic) bond motifs is 3. The third-order valence-electron chi connectivity index (χ3n) is 5.65. The topological polar surface area (TPSA) is 99.3 Å². The SMILES string of the molecule is COc1ccc2nc(Nc3ccc(N4CCN(C(C)=O)CC4)nc3)c3n[nH]cc3c2c1. The van der Waals surface area contributed by atoms with Crippen molar-refractivity contribution in [2.45, 2.75) is 6.92 Å². The molecule has 1 aromatic carbocycles. The van der Waals surface area contributed by atoms with Gasteiger partial charge in [0.1, 0.15) is 17.1 Å². The first-order valence-corrected chi connectivity index (χ1v) is 10.2. The van der Waals surface area contributed by atoms with Crippen LogP contribution in [0.15, 0.2) is 42.7 Å². The lowest BCUT2D eigenvalue weighted by atomic mass is 10.1. The molecule has 2 N–H and O–H groups in total. The number of nitrogens with one attached hydrogen (secondary N) is 2. The number of H-pyrrole nitrogens is 1. The highest BCUT2D eigenvalue weighted by Crippen LogP contribution is 2.31. The molecule has 0 bridgehead atoms. The number of aromatic amines is 1. The van der Waals surface area contributed by atoms with Crippen molar-refractivity contribution < 1.29 is 9.53 Å². The van der Waals surface area contributed by atoms with Crippen molar-refractivity contribution in [3.8, 4) is 5.75 Å². The zero-order valence-corrected chi connectivity index (χ0v) is 17.4. The first-order valence-electron chi connectivity index (χ1n) is 10.2. The highest BCUT2D eigenvalue weighted by molar-refractivity contribution is 6.09. The van der Waals surface area contributed by atoms with Crippen molar-refractivity contribution in [3.63, 3.8) is 0 Å². The number of rotatable bonds is 4. The molecule has 3 aromatic heterocycles. The van der Waals surface area contributed by atoms with E-state index in [1.165, 1.54) is 0 Å². The van der Waals surface area contributed by atoms with E-state index in [-0.39, 0.29) is 5.91 Å². The number of carbonyl (C=O) groups excluding carboxylic acids is 1. The van der Waals surface area contributed by atoms with E-state index in [4.69, 9.17) is 9.72 Å². The average molecular weight is 417 g/mol. The molecule has 0 saturated carbocycles. The number of nitrogens with zero attached hydrogens (tertiary/aromatic N) is 5. The van der Waals surface area contributed by atoms with Crippen molar-refractivity contribution in [2.24, 2.45) is 0 Å². The van der Waals surface area contributed by atoms with E-state index < -0.39 is 0 Å². The second kappa shape index (κ2) is 7.75. The Balaban J connectivity index is 1.38. The molecule has 1 amide bonds. The molecule has 0 spiro atoms. The zero-order chi connectivity index (χ0) is 21.4. The molecule has 4 heterocycles. The minimum absolute atomic E-state index is 0.123. The number of methoxy groups -OCH3 is 1. The summed E-state index contributed by atoms with van der Waals surface area (Å²) in [5, 5.41) is 12.6. The normalized spacial score (nSPS) is 14.3. The Morgan fingerprint density at radius 2 is 1.97 bits per heavy atom. The number of hydrogen-bond donors (Lipinski definition) is 2. The van der Waals surface area contributed by atoms with Gasteiger partial charge < -0.3 is 19.9 Å². The predicted molar refractivity (Wildman–Crippen MR) is 120 cm³/mol. The minimum Gasteiger partial charge on any atom is -0.497 e. The van der Waals surface area contributed by atoms with Gasteiger partial charge in [-0.25, -0.2) is 9.97 Å². The molecule has 1 saturated heterocycles. The molecule has 1 aliphatic heterocycles. The minimum atomic E-state index is 0.123. The van der Waals surface area contributed by atoms with Gasteiger partial charge in [-0.2, -0.15) is 5.10 Å². The van der Waals surface area contributed by atoms with Crippen molar-refractivity contribution in [3.05, 3.63) is 42.7 Å². The molecule has 5 rings (SSSR count). The second-order valence-electron chi connectivity index (χ2n) is 7.51. The average Bonchev–Trinajstić information content (AvgIpc) is 3.30. The Morgan fingerprint density at radius 3 is 2.68 bits per heavy atom. The Bertz CT molecular complexity index is 1240. The molecule has 0 unspecified atom stereocenters. The quantitative estimate of drug-likeness (QED) is 0.527. The number of amides is 1. The van der Waals surface area contributed by atoms with E-state index in [0.717, 1.165) is 65.2 Å². The smallest absolute Gasteiger partial charge is 0.219 e. The molecule has 1 aliphatic rings. The lowest BCUT2D eigenvalue weighted by Crippen LogP contribution is -2.48. The van der Waals surface area contributed by atoms with Gasteiger partial charge in [-0.05, 0) is 30.3 Å². The fourth-order valence-electron chi connectivity index (χ4n) is 3.93. The summed E-state index contributed by atoms with van der Waals surface area (Å²) < 4.78 is 5.35. The van der Waals surface area contributed by atoms with Crippen molar-refractivity contribution >= 4 is 45.0 Å². The molecule has 1 fully saturated rings. The molecular weight excluding hydrogens is 394 g/mol. The molecule has 158 valence electrons. The molecule has 0 atom stereocenters. The number of aromatic nitrogens is 4. The maximum absolute atomic E-state index is 11.5. The number of ether oxygens (including phenoxy) is 1. The van der Waals surface area contributed by atoms with Gasteiger partial charge in [-0.1, -0.05) is 0 Å². The van der Waals surface area contributed by atoms with Crippen molar-refractivity contribution in [1.82, 2.24) is 25.1 Å². The van der Waals surface area contributed by atoms with Crippen LogP contribution >= 0.6 is 0 Å². The monoisotopic (exact) mass is 417 g/mol. The number of anilines is 3. The van der Waals surface area contributed by atoms with Crippen molar-refractivity contribution in [2.75, 3.05) is 43.5 Å². The Morgan fingerprint density at radius 1 is 1.13 bits per heavy atom. The standard InChI is InChI=1S/C22H23N7O2/c1-14(30)28-7-9-29(10-8-28)20-6-3-15(12-23-20)25-22-21-18(13-24-27-21)17-11-16(31-2)4-5-19(17)26-22/h3-6,11-13H,7-10H2,1-2H3,(H,24,27)(H,25,26). The molecule has 4 aromatic rings. The Hall–Kier alpha value is -3.88. The van der Waals surface area contributed by atoms with Crippen LogP contribution in [0.1, 0.15) is 6.92 Å². The summed E-state index contributed by atoms with van der Waals surface area (Å²) in [5.41, 5.74) is 2.44. The highest BCUT2D eigenvalue weighted by atomic mass is 16.5. The van der Waals surface area contributed by atoms with Gasteiger partial charge in [0.2, 0.25) is 5.91 Å². The maximum Gasteiger partial charge on any atom is 0.219 e. The van der Waals surface area contributed by atoms with Crippen LogP contribution in [0.25, 0.3) is 21.8 Å². The maximum atomic E-state index is 11.5. The van der Waals surface area contributed by atoms with E-state index >= 15 is 0 Å². The number of benzene rings is 1. The Kier molecular flexibility index (Phi) is 4.78. The van der Waals surface area contributed by atoms with E-state index in [9.17, 15) is 4.79 Å². The van der Waals surface area contributed by atoms with Crippen LogP contribution < -0.4 is 15.0 Å². The van der Waals surface area contributed by atoms with E-state index in [1.54, 1.807) is 20.2 Å². The summed E-state index contributed by atoms with van der Waals surface area (Å²) in [6.45, 7) is 4.62. The summed E-state index contributed by atoms with van der Waals surface area (Å²) in [7, 11) is 1.65. The van der Waals surface area contributed by atoms with Crippen LogP contribution in [0.2, 0.25) is 0 Å².